The van der Waals surface area contributed by atoms with Crippen molar-refractivity contribution in [1.82, 2.24) is 5.32 Å². The number of carbonyl (C=O) groups excluding carboxylic acids is 1. The summed E-state index contributed by atoms with van der Waals surface area (Å²) in [5, 5.41) is 2.63. The number of carbonyl (C=O) groups is 1. The molecule has 0 spiro atoms. The van der Waals surface area contributed by atoms with E-state index in [-0.39, 0.29) is 30.3 Å². The van der Waals surface area contributed by atoms with Gasteiger partial charge in [0.1, 0.15) is 0 Å². The normalized spacial score (nSPS) is 29.3. The molecule has 0 aromatic heterocycles. The lowest BCUT2D eigenvalue weighted by atomic mass is 10.1. The monoisotopic (exact) mass is 178 g/mol. The lowest BCUT2D eigenvalue weighted by molar-refractivity contribution is -0.124. The van der Waals surface area contributed by atoms with Crippen molar-refractivity contribution in [1.29, 1.82) is 0 Å². The number of hydrogen-bond donors (Lipinski definition) is 2. The molecular formula is C7H15ClN2O. The molecule has 3 N–H and O–H groups in total. The summed E-state index contributed by atoms with van der Waals surface area (Å²) in [6.45, 7) is 0. The summed E-state index contributed by atoms with van der Waals surface area (Å²) < 4.78 is 0. The molecule has 1 aliphatic rings. The Morgan fingerprint density at radius 3 is 2.55 bits per heavy atom. The van der Waals surface area contributed by atoms with Crippen LogP contribution in [-0.2, 0) is 4.79 Å². The molecule has 1 aliphatic carbocycles. The summed E-state index contributed by atoms with van der Waals surface area (Å²) in [5.41, 5.74) is 5.64. The third-order valence-electron chi connectivity index (χ3n) is 2.09. The third kappa shape index (κ3) is 2.67. The lowest BCUT2D eigenvalue weighted by Gasteiger charge is -2.05. The van der Waals surface area contributed by atoms with Gasteiger partial charge in [-0.15, -0.1) is 12.4 Å². The van der Waals surface area contributed by atoms with Crippen LogP contribution < -0.4 is 11.1 Å². The van der Waals surface area contributed by atoms with Crippen LogP contribution in [0.2, 0.25) is 0 Å². The predicted octanol–water partition coefficient (Wildman–Crippen LogP) is 0.282. The molecule has 0 bridgehead atoms. The Morgan fingerprint density at radius 1 is 1.55 bits per heavy atom. The van der Waals surface area contributed by atoms with Crippen molar-refractivity contribution in [3.05, 3.63) is 0 Å². The molecule has 3 nitrogen and oxygen atoms in total. The van der Waals surface area contributed by atoms with Gasteiger partial charge in [0.15, 0.2) is 0 Å². The fourth-order valence-corrected chi connectivity index (χ4v) is 1.46. The van der Waals surface area contributed by atoms with Gasteiger partial charge in [0, 0.05) is 19.0 Å². The van der Waals surface area contributed by atoms with Crippen LogP contribution in [0.4, 0.5) is 0 Å². The maximum atomic E-state index is 11.0. The van der Waals surface area contributed by atoms with E-state index in [1.807, 2.05) is 0 Å². The minimum atomic E-state index is 0. The van der Waals surface area contributed by atoms with Gasteiger partial charge < -0.3 is 11.1 Å². The summed E-state index contributed by atoms with van der Waals surface area (Å²) >= 11 is 0. The Labute approximate surface area is 73.1 Å². The molecule has 2 unspecified atom stereocenters. The molecule has 66 valence electrons. The molecule has 1 rings (SSSR count). The van der Waals surface area contributed by atoms with E-state index in [1.54, 1.807) is 7.05 Å². The van der Waals surface area contributed by atoms with Crippen LogP contribution >= 0.6 is 12.4 Å². The topological polar surface area (TPSA) is 55.1 Å². The molecule has 11 heavy (non-hydrogen) atoms. The number of halogens is 1. The number of amides is 1. The van der Waals surface area contributed by atoms with E-state index in [0.717, 1.165) is 19.3 Å². The molecule has 1 saturated carbocycles. The second-order valence-corrected chi connectivity index (χ2v) is 2.88. The maximum absolute atomic E-state index is 11.0. The van der Waals surface area contributed by atoms with E-state index in [9.17, 15) is 4.79 Å². The van der Waals surface area contributed by atoms with E-state index in [1.165, 1.54) is 0 Å². The van der Waals surface area contributed by atoms with Gasteiger partial charge >= 0.3 is 0 Å². The first kappa shape index (κ1) is 10.7. The van der Waals surface area contributed by atoms with Gasteiger partial charge in [0.2, 0.25) is 5.91 Å². The van der Waals surface area contributed by atoms with Crippen LogP contribution in [0.3, 0.4) is 0 Å². The van der Waals surface area contributed by atoms with Crippen LogP contribution in [-0.4, -0.2) is 19.0 Å². The molecule has 0 aromatic carbocycles. The van der Waals surface area contributed by atoms with Gasteiger partial charge in [-0.2, -0.15) is 0 Å². The minimum absolute atomic E-state index is 0. The quantitative estimate of drug-likeness (QED) is 0.606. The van der Waals surface area contributed by atoms with E-state index in [0.29, 0.717) is 0 Å². The van der Waals surface area contributed by atoms with Gasteiger partial charge in [0.05, 0.1) is 0 Å². The smallest absolute Gasteiger partial charge is 0.222 e. The SMILES string of the molecule is CNC(=O)C1CCC(N)C1.Cl. The fourth-order valence-electron chi connectivity index (χ4n) is 1.46. The van der Waals surface area contributed by atoms with Gasteiger partial charge in [-0.05, 0) is 19.3 Å². The molecule has 0 aromatic rings. The number of nitrogens with one attached hydrogen (secondary N) is 1. The number of nitrogens with two attached hydrogens (primary N) is 1. The summed E-state index contributed by atoms with van der Waals surface area (Å²) in [4.78, 5) is 11.0. The second-order valence-electron chi connectivity index (χ2n) is 2.88. The van der Waals surface area contributed by atoms with Crippen LogP contribution in [0.25, 0.3) is 0 Å². The highest BCUT2D eigenvalue weighted by atomic mass is 35.5. The fraction of sp³-hybridized carbons (Fsp3) is 0.857. The van der Waals surface area contributed by atoms with Gasteiger partial charge in [-0.1, -0.05) is 0 Å². The van der Waals surface area contributed by atoms with Crippen LogP contribution in [0, 0.1) is 5.92 Å². The molecule has 1 fully saturated rings. The van der Waals surface area contributed by atoms with Crippen molar-refractivity contribution in [2.24, 2.45) is 11.7 Å². The largest absolute Gasteiger partial charge is 0.359 e. The molecule has 0 aliphatic heterocycles. The molecule has 0 radical (unpaired) electrons. The van der Waals surface area contributed by atoms with Crippen molar-refractivity contribution in [3.63, 3.8) is 0 Å². The minimum Gasteiger partial charge on any atom is -0.359 e. The highest BCUT2D eigenvalue weighted by Crippen LogP contribution is 2.23. The summed E-state index contributed by atoms with van der Waals surface area (Å²) in [5.74, 6) is 0.327. The van der Waals surface area contributed by atoms with E-state index in [2.05, 4.69) is 5.32 Å². The third-order valence-corrected chi connectivity index (χ3v) is 2.09. The van der Waals surface area contributed by atoms with Crippen molar-refractivity contribution in [2.45, 2.75) is 25.3 Å². The van der Waals surface area contributed by atoms with Gasteiger partial charge in [0.25, 0.3) is 0 Å². The zero-order valence-electron chi connectivity index (χ0n) is 6.67. The van der Waals surface area contributed by atoms with Crippen molar-refractivity contribution >= 4 is 18.3 Å². The number of rotatable bonds is 1. The summed E-state index contributed by atoms with van der Waals surface area (Å²) in [6.07, 6.45) is 2.82. The molecule has 0 saturated heterocycles. The average Bonchev–Trinajstić information content (AvgIpc) is 2.34. The lowest BCUT2D eigenvalue weighted by Crippen LogP contribution is -2.26. The van der Waals surface area contributed by atoms with E-state index in [4.69, 9.17) is 5.73 Å². The molecule has 0 heterocycles. The molecular weight excluding hydrogens is 164 g/mol. The second kappa shape index (κ2) is 4.57. The summed E-state index contributed by atoms with van der Waals surface area (Å²) in [7, 11) is 1.67. The standard InChI is InChI=1S/C7H14N2O.ClH/c1-9-7(10)5-2-3-6(8)4-5;/h5-6H,2-4,8H2,1H3,(H,9,10);1H. The van der Waals surface area contributed by atoms with Crippen LogP contribution in [0.15, 0.2) is 0 Å². The Morgan fingerprint density at radius 2 is 2.18 bits per heavy atom. The first-order valence-corrected chi connectivity index (χ1v) is 3.71. The maximum Gasteiger partial charge on any atom is 0.222 e. The highest BCUT2D eigenvalue weighted by molar-refractivity contribution is 5.85. The first-order chi connectivity index (χ1) is 4.74. The molecule has 2 atom stereocenters. The summed E-state index contributed by atoms with van der Waals surface area (Å²) in [6, 6.07) is 0.252. The van der Waals surface area contributed by atoms with E-state index < -0.39 is 0 Å². The Hall–Kier alpha value is -0.280. The number of hydrogen-bond acceptors (Lipinski definition) is 2. The Bertz CT molecular complexity index is 140. The molecule has 4 heteroatoms. The van der Waals surface area contributed by atoms with E-state index >= 15 is 0 Å². The van der Waals surface area contributed by atoms with Crippen LogP contribution in [0.5, 0.6) is 0 Å². The zero-order chi connectivity index (χ0) is 7.56. The Balaban J connectivity index is 0.000001000. The van der Waals surface area contributed by atoms with Crippen LogP contribution in [0.1, 0.15) is 19.3 Å². The van der Waals surface area contributed by atoms with Crippen molar-refractivity contribution in [2.75, 3.05) is 7.05 Å². The Kier molecular flexibility index (Phi) is 4.45. The first-order valence-electron chi connectivity index (χ1n) is 3.71. The zero-order valence-corrected chi connectivity index (χ0v) is 7.49. The van der Waals surface area contributed by atoms with Gasteiger partial charge in [-0.3, -0.25) is 4.79 Å². The predicted molar refractivity (Wildman–Crippen MR) is 46.6 cm³/mol. The highest BCUT2D eigenvalue weighted by Gasteiger charge is 2.26. The van der Waals surface area contributed by atoms with Crippen molar-refractivity contribution < 1.29 is 4.79 Å². The average molecular weight is 179 g/mol. The van der Waals surface area contributed by atoms with Crippen molar-refractivity contribution in [3.8, 4) is 0 Å². The molecule has 1 amide bonds. The van der Waals surface area contributed by atoms with Gasteiger partial charge in [-0.25, -0.2) is 0 Å².